The van der Waals surface area contributed by atoms with Crippen molar-refractivity contribution in [3.8, 4) is 0 Å². The molecule has 1 unspecified atom stereocenters. The molecule has 1 amide bonds. The van der Waals surface area contributed by atoms with Gasteiger partial charge in [-0.1, -0.05) is 18.7 Å². The van der Waals surface area contributed by atoms with Crippen LogP contribution >= 0.6 is 11.8 Å². The van der Waals surface area contributed by atoms with E-state index in [0.29, 0.717) is 12.5 Å². The monoisotopic (exact) mass is 279 g/mol. The second kappa shape index (κ2) is 5.00. The molecule has 2 aliphatic rings. The van der Waals surface area contributed by atoms with Crippen molar-refractivity contribution in [3.05, 3.63) is 22.1 Å². The summed E-state index contributed by atoms with van der Waals surface area (Å²) in [5.41, 5.74) is 0.0403. The van der Waals surface area contributed by atoms with Crippen LogP contribution in [0, 0.1) is 5.92 Å². The number of nitrogens with zero attached hydrogens (tertiary/aromatic N) is 3. The molecule has 6 heteroatoms. The van der Waals surface area contributed by atoms with E-state index in [9.17, 15) is 9.59 Å². The third-order valence-corrected chi connectivity index (χ3v) is 4.70. The molecule has 3 heterocycles. The summed E-state index contributed by atoms with van der Waals surface area (Å²) in [6.45, 7) is 4.29. The van der Waals surface area contributed by atoms with Gasteiger partial charge < -0.3 is 4.90 Å². The minimum Gasteiger partial charge on any atom is -0.338 e. The summed E-state index contributed by atoms with van der Waals surface area (Å²) in [4.78, 5) is 30.7. The molecule has 1 saturated heterocycles. The average molecular weight is 279 g/mol. The first-order valence-corrected chi connectivity index (χ1v) is 7.67. The molecule has 0 radical (unpaired) electrons. The maximum absolute atomic E-state index is 12.4. The molecule has 0 aliphatic carbocycles. The normalized spacial score (nSPS) is 22.4. The fourth-order valence-electron chi connectivity index (χ4n) is 2.71. The molecule has 0 aromatic carbocycles. The van der Waals surface area contributed by atoms with Gasteiger partial charge in [0.2, 0.25) is 0 Å². The highest BCUT2D eigenvalue weighted by molar-refractivity contribution is 7.99. The number of hydrogen-bond acceptors (Lipinski definition) is 4. The zero-order valence-electron chi connectivity index (χ0n) is 11.0. The lowest BCUT2D eigenvalue weighted by Gasteiger charge is -2.30. The molecule has 1 fully saturated rings. The van der Waals surface area contributed by atoms with Crippen LogP contribution < -0.4 is 5.56 Å². The van der Waals surface area contributed by atoms with Gasteiger partial charge in [0.1, 0.15) is 5.56 Å². The Morgan fingerprint density at radius 1 is 1.47 bits per heavy atom. The zero-order valence-corrected chi connectivity index (χ0v) is 11.8. The number of piperidine rings is 1. The van der Waals surface area contributed by atoms with Crippen molar-refractivity contribution in [2.45, 2.75) is 31.5 Å². The Bertz CT molecular complexity index is 569. The van der Waals surface area contributed by atoms with E-state index in [1.165, 1.54) is 6.20 Å². The number of fused-ring (bicyclic) bond motifs is 1. The van der Waals surface area contributed by atoms with Crippen LogP contribution in [0.25, 0.3) is 0 Å². The smallest absolute Gasteiger partial charge is 0.267 e. The standard InChI is InChI=1S/C13H17N3O2S/c1-9-3-2-4-15(8-9)11(17)10-7-14-13-16(12(10)18)5-6-19-13/h7,9H,2-6,8H2,1H3. The maximum atomic E-state index is 12.4. The van der Waals surface area contributed by atoms with Gasteiger partial charge in [0, 0.05) is 31.6 Å². The number of carbonyl (C=O) groups is 1. The van der Waals surface area contributed by atoms with E-state index in [1.54, 1.807) is 21.2 Å². The summed E-state index contributed by atoms with van der Waals surface area (Å²) in [6, 6.07) is 0. The molecule has 1 atom stereocenters. The van der Waals surface area contributed by atoms with E-state index >= 15 is 0 Å². The quantitative estimate of drug-likeness (QED) is 0.725. The predicted octanol–water partition coefficient (Wildman–Crippen LogP) is 1.22. The molecule has 1 aromatic rings. The second-order valence-electron chi connectivity index (χ2n) is 5.26. The zero-order chi connectivity index (χ0) is 13.4. The first-order valence-electron chi connectivity index (χ1n) is 6.68. The number of carbonyl (C=O) groups excluding carboxylic acids is 1. The molecule has 3 rings (SSSR count). The minimum atomic E-state index is -0.182. The summed E-state index contributed by atoms with van der Waals surface area (Å²) >= 11 is 1.57. The molecule has 0 N–H and O–H groups in total. The van der Waals surface area contributed by atoms with E-state index in [1.807, 2.05) is 0 Å². The van der Waals surface area contributed by atoms with Gasteiger partial charge in [0.15, 0.2) is 5.16 Å². The van der Waals surface area contributed by atoms with Crippen LogP contribution in [-0.2, 0) is 6.54 Å². The summed E-state index contributed by atoms with van der Waals surface area (Å²) in [6.07, 6.45) is 3.62. The van der Waals surface area contributed by atoms with Gasteiger partial charge >= 0.3 is 0 Å². The average Bonchev–Trinajstić information content (AvgIpc) is 2.88. The van der Waals surface area contributed by atoms with Gasteiger partial charge in [0.05, 0.1) is 0 Å². The molecule has 0 saturated carbocycles. The second-order valence-corrected chi connectivity index (χ2v) is 6.32. The predicted molar refractivity (Wildman–Crippen MR) is 73.5 cm³/mol. The lowest BCUT2D eigenvalue weighted by atomic mass is 10.00. The van der Waals surface area contributed by atoms with Crippen molar-refractivity contribution < 1.29 is 4.79 Å². The van der Waals surface area contributed by atoms with Crippen LogP contribution in [0.3, 0.4) is 0 Å². The Kier molecular flexibility index (Phi) is 3.35. The molecule has 102 valence electrons. The van der Waals surface area contributed by atoms with E-state index in [4.69, 9.17) is 0 Å². The number of amides is 1. The van der Waals surface area contributed by atoms with Gasteiger partial charge in [-0.3, -0.25) is 14.2 Å². The Labute approximate surface area is 116 Å². The van der Waals surface area contributed by atoms with Crippen molar-refractivity contribution in [1.82, 2.24) is 14.5 Å². The van der Waals surface area contributed by atoms with Crippen LogP contribution in [0.1, 0.15) is 30.1 Å². The van der Waals surface area contributed by atoms with Crippen LogP contribution in [0.5, 0.6) is 0 Å². The highest BCUT2D eigenvalue weighted by Gasteiger charge is 2.26. The molecule has 1 aromatic heterocycles. The van der Waals surface area contributed by atoms with Crippen molar-refractivity contribution in [2.24, 2.45) is 5.92 Å². The van der Waals surface area contributed by atoms with E-state index in [0.717, 1.165) is 36.8 Å². The third kappa shape index (κ3) is 2.29. The van der Waals surface area contributed by atoms with Crippen LogP contribution in [0.15, 0.2) is 16.1 Å². The number of thioether (sulfide) groups is 1. The van der Waals surface area contributed by atoms with Gasteiger partial charge in [-0.25, -0.2) is 4.98 Å². The molecule has 0 bridgehead atoms. The summed E-state index contributed by atoms with van der Waals surface area (Å²) < 4.78 is 1.62. The van der Waals surface area contributed by atoms with Crippen molar-refractivity contribution in [2.75, 3.05) is 18.8 Å². The van der Waals surface area contributed by atoms with Gasteiger partial charge in [0.25, 0.3) is 11.5 Å². The number of aromatic nitrogens is 2. The van der Waals surface area contributed by atoms with E-state index in [-0.39, 0.29) is 17.0 Å². The highest BCUT2D eigenvalue weighted by atomic mass is 32.2. The first-order chi connectivity index (χ1) is 9.16. The molecule has 0 spiro atoms. The molecular formula is C13H17N3O2S. The lowest BCUT2D eigenvalue weighted by molar-refractivity contribution is 0.0679. The fourth-order valence-corrected chi connectivity index (χ4v) is 3.62. The Balaban J connectivity index is 1.90. The van der Waals surface area contributed by atoms with Gasteiger partial charge in [-0.05, 0) is 18.8 Å². The Hall–Kier alpha value is -1.30. The van der Waals surface area contributed by atoms with Gasteiger partial charge in [-0.2, -0.15) is 0 Å². The fraction of sp³-hybridized carbons (Fsp3) is 0.615. The van der Waals surface area contributed by atoms with Crippen LogP contribution in [0.2, 0.25) is 0 Å². The summed E-state index contributed by atoms with van der Waals surface area (Å²) in [5, 5.41) is 0.730. The van der Waals surface area contributed by atoms with Crippen LogP contribution in [0.4, 0.5) is 0 Å². The summed E-state index contributed by atoms with van der Waals surface area (Å²) in [5.74, 6) is 1.22. The van der Waals surface area contributed by atoms with Crippen molar-refractivity contribution in [1.29, 1.82) is 0 Å². The Morgan fingerprint density at radius 3 is 3.11 bits per heavy atom. The molecular weight excluding hydrogens is 262 g/mol. The topological polar surface area (TPSA) is 55.2 Å². The molecule has 19 heavy (non-hydrogen) atoms. The molecule has 5 nitrogen and oxygen atoms in total. The van der Waals surface area contributed by atoms with E-state index < -0.39 is 0 Å². The SMILES string of the molecule is CC1CCCN(C(=O)c2cnc3n(c2=O)CCS3)C1. The Morgan fingerprint density at radius 2 is 2.32 bits per heavy atom. The van der Waals surface area contributed by atoms with Gasteiger partial charge in [-0.15, -0.1) is 0 Å². The third-order valence-electron chi connectivity index (χ3n) is 3.73. The maximum Gasteiger partial charge on any atom is 0.267 e. The number of likely N-dealkylation sites (tertiary alicyclic amines) is 1. The van der Waals surface area contributed by atoms with Crippen molar-refractivity contribution in [3.63, 3.8) is 0 Å². The number of rotatable bonds is 1. The van der Waals surface area contributed by atoms with Crippen molar-refractivity contribution >= 4 is 17.7 Å². The molecule has 2 aliphatic heterocycles. The summed E-state index contributed by atoms with van der Waals surface area (Å²) in [7, 11) is 0. The minimum absolute atomic E-state index is 0.156. The van der Waals surface area contributed by atoms with Crippen LogP contribution in [-0.4, -0.2) is 39.2 Å². The first kappa shape index (κ1) is 12.7. The van der Waals surface area contributed by atoms with E-state index in [2.05, 4.69) is 11.9 Å². The lowest BCUT2D eigenvalue weighted by Crippen LogP contribution is -2.42. The number of hydrogen-bond donors (Lipinski definition) is 0. The largest absolute Gasteiger partial charge is 0.338 e. The highest BCUT2D eigenvalue weighted by Crippen LogP contribution is 2.21.